The van der Waals surface area contributed by atoms with Gasteiger partial charge in [-0.25, -0.2) is 0 Å². The van der Waals surface area contributed by atoms with Crippen LogP contribution in [-0.4, -0.2) is 41.9 Å². The van der Waals surface area contributed by atoms with Crippen LogP contribution < -0.4 is 16.0 Å². The summed E-state index contributed by atoms with van der Waals surface area (Å²) in [6.45, 7) is 1.97. The molecular formula is C21H25N3O5. The zero-order valence-electron chi connectivity index (χ0n) is 16.2. The average molecular weight is 399 g/mol. The number of hydrogen-bond acceptors (Lipinski definition) is 4. The van der Waals surface area contributed by atoms with Crippen molar-refractivity contribution in [1.82, 2.24) is 16.0 Å². The minimum absolute atomic E-state index is 0.0266. The zero-order chi connectivity index (χ0) is 21.2. The molecule has 2 aromatic rings. The molecule has 1 atom stereocenters. The van der Waals surface area contributed by atoms with Crippen LogP contribution in [0, 0.1) is 0 Å². The van der Waals surface area contributed by atoms with Gasteiger partial charge in [-0.2, -0.15) is 0 Å². The molecule has 0 aliphatic heterocycles. The van der Waals surface area contributed by atoms with Gasteiger partial charge in [-0.05, 0) is 16.3 Å². The monoisotopic (exact) mass is 399 g/mol. The fourth-order valence-corrected chi connectivity index (χ4v) is 2.99. The fraction of sp³-hybridized carbons (Fsp3) is 0.333. The van der Waals surface area contributed by atoms with Crippen LogP contribution in [0.4, 0.5) is 0 Å². The highest BCUT2D eigenvalue weighted by Crippen LogP contribution is 2.26. The third-order valence-corrected chi connectivity index (χ3v) is 4.31. The Balaban J connectivity index is 1.96. The van der Waals surface area contributed by atoms with Gasteiger partial charge in [0.15, 0.2) is 0 Å². The van der Waals surface area contributed by atoms with E-state index in [9.17, 15) is 24.3 Å². The van der Waals surface area contributed by atoms with Gasteiger partial charge < -0.3 is 21.1 Å². The number of nitrogens with one attached hydrogen (secondary N) is 3. The van der Waals surface area contributed by atoms with Crippen molar-refractivity contribution in [2.75, 3.05) is 13.1 Å². The quantitative estimate of drug-likeness (QED) is 0.451. The molecule has 0 saturated heterocycles. The van der Waals surface area contributed by atoms with E-state index in [1.807, 2.05) is 36.4 Å². The van der Waals surface area contributed by atoms with Gasteiger partial charge in [0.25, 0.3) is 0 Å². The molecule has 4 N–H and O–H groups in total. The predicted molar refractivity (Wildman–Crippen MR) is 108 cm³/mol. The van der Waals surface area contributed by atoms with Gasteiger partial charge in [0.2, 0.25) is 17.7 Å². The molecule has 0 bridgehead atoms. The van der Waals surface area contributed by atoms with Gasteiger partial charge in [-0.3, -0.25) is 19.2 Å². The summed E-state index contributed by atoms with van der Waals surface area (Å²) >= 11 is 0. The summed E-state index contributed by atoms with van der Waals surface area (Å²) < 4.78 is 0. The number of benzene rings is 2. The molecule has 0 unspecified atom stereocenters. The number of fused-ring (bicyclic) bond motifs is 1. The van der Waals surface area contributed by atoms with Gasteiger partial charge >= 0.3 is 5.97 Å². The van der Waals surface area contributed by atoms with Gasteiger partial charge in [0.05, 0.1) is 12.5 Å². The van der Waals surface area contributed by atoms with Crippen molar-refractivity contribution in [2.45, 2.75) is 32.2 Å². The van der Waals surface area contributed by atoms with E-state index in [0.717, 1.165) is 16.3 Å². The Morgan fingerprint density at radius 3 is 2.28 bits per heavy atom. The molecule has 8 heteroatoms. The van der Waals surface area contributed by atoms with Gasteiger partial charge in [0.1, 0.15) is 0 Å². The Morgan fingerprint density at radius 2 is 1.55 bits per heavy atom. The van der Waals surface area contributed by atoms with E-state index in [0.29, 0.717) is 6.54 Å². The molecule has 0 aromatic heterocycles. The standard InChI is InChI=1S/C21H25N3O5/c1-14(25)22-11-12-23-19(26)9-10-20(27)24-18(13-21(28)29)17-8-4-6-15-5-2-3-7-16(15)17/h2-8,18H,9-13H2,1H3,(H,22,25)(H,23,26)(H,24,27)(H,28,29)/t18-/m1/s1. The maximum absolute atomic E-state index is 12.3. The van der Waals surface area contributed by atoms with E-state index in [2.05, 4.69) is 16.0 Å². The van der Waals surface area contributed by atoms with E-state index >= 15 is 0 Å². The summed E-state index contributed by atoms with van der Waals surface area (Å²) in [5.41, 5.74) is 0.721. The Bertz CT molecular complexity index is 892. The fourth-order valence-electron chi connectivity index (χ4n) is 2.99. The molecule has 0 saturated carbocycles. The van der Waals surface area contributed by atoms with E-state index in [-0.39, 0.29) is 37.6 Å². The highest BCUT2D eigenvalue weighted by atomic mass is 16.4. The Morgan fingerprint density at radius 1 is 0.897 bits per heavy atom. The number of amides is 3. The largest absolute Gasteiger partial charge is 0.481 e. The maximum Gasteiger partial charge on any atom is 0.305 e. The topological polar surface area (TPSA) is 125 Å². The molecule has 2 rings (SSSR count). The van der Waals surface area contributed by atoms with Crippen molar-refractivity contribution < 1.29 is 24.3 Å². The Hall–Kier alpha value is -3.42. The van der Waals surface area contributed by atoms with E-state index in [1.54, 1.807) is 6.07 Å². The lowest BCUT2D eigenvalue weighted by molar-refractivity contribution is -0.138. The second kappa shape index (κ2) is 10.8. The van der Waals surface area contributed by atoms with Crippen molar-refractivity contribution in [3.63, 3.8) is 0 Å². The van der Waals surface area contributed by atoms with Crippen molar-refractivity contribution >= 4 is 34.5 Å². The molecule has 3 amide bonds. The lowest BCUT2D eigenvalue weighted by atomic mass is 9.96. The zero-order valence-corrected chi connectivity index (χ0v) is 16.2. The van der Waals surface area contributed by atoms with Crippen LogP contribution >= 0.6 is 0 Å². The molecular weight excluding hydrogens is 374 g/mol. The second-order valence-electron chi connectivity index (χ2n) is 6.62. The lowest BCUT2D eigenvalue weighted by Gasteiger charge is -2.19. The lowest BCUT2D eigenvalue weighted by Crippen LogP contribution is -2.35. The summed E-state index contributed by atoms with van der Waals surface area (Å²) in [4.78, 5) is 46.2. The van der Waals surface area contributed by atoms with E-state index in [4.69, 9.17) is 0 Å². The van der Waals surface area contributed by atoms with Crippen molar-refractivity contribution in [3.05, 3.63) is 48.0 Å². The molecule has 0 fully saturated rings. The minimum atomic E-state index is -1.03. The third-order valence-electron chi connectivity index (χ3n) is 4.31. The molecule has 0 heterocycles. The van der Waals surface area contributed by atoms with Crippen LogP contribution in [0.5, 0.6) is 0 Å². The Kier molecular flexibility index (Phi) is 8.14. The second-order valence-corrected chi connectivity index (χ2v) is 6.62. The van der Waals surface area contributed by atoms with Crippen LogP contribution in [0.3, 0.4) is 0 Å². The van der Waals surface area contributed by atoms with Gasteiger partial charge in [-0.15, -0.1) is 0 Å². The molecule has 154 valence electrons. The van der Waals surface area contributed by atoms with E-state index < -0.39 is 17.9 Å². The third kappa shape index (κ3) is 7.25. The molecule has 0 aliphatic rings. The number of aliphatic carboxylic acids is 1. The van der Waals surface area contributed by atoms with E-state index in [1.165, 1.54) is 6.92 Å². The molecule has 0 spiro atoms. The van der Waals surface area contributed by atoms with Gasteiger partial charge in [0, 0.05) is 32.9 Å². The normalized spacial score (nSPS) is 11.5. The number of carboxylic acid groups (broad SMARTS) is 1. The summed E-state index contributed by atoms with van der Waals surface area (Å²) in [5.74, 6) is -1.93. The van der Waals surface area contributed by atoms with Crippen LogP contribution in [0.15, 0.2) is 42.5 Å². The number of hydrogen-bond donors (Lipinski definition) is 4. The Labute approximate surface area is 168 Å². The first kappa shape index (κ1) is 21.9. The predicted octanol–water partition coefficient (Wildman–Crippen LogP) is 1.50. The SMILES string of the molecule is CC(=O)NCCNC(=O)CCC(=O)N[C@H](CC(=O)O)c1cccc2ccccc12. The van der Waals surface area contributed by atoms with Gasteiger partial charge in [-0.1, -0.05) is 42.5 Å². The highest BCUT2D eigenvalue weighted by Gasteiger charge is 2.20. The first-order valence-electron chi connectivity index (χ1n) is 9.36. The number of rotatable bonds is 10. The average Bonchev–Trinajstić information content (AvgIpc) is 2.68. The number of carbonyl (C=O) groups excluding carboxylic acids is 3. The molecule has 8 nitrogen and oxygen atoms in total. The van der Waals surface area contributed by atoms with Crippen LogP contribution in [0.1, 0.15) is 37.8 Å². The molecule has 0 aliphatic carbocycles. The highest BCUT2D eigenvalue weighted by molar-refractivity contribution is 5.88. The maximum atomic E-state index is 12.3. The molecule has 2 aromatic carbocycles. The molecule has 0 radical (unpaired) electrons. The molecule has 29 heavy (non-hydrogen) atoms. The number of carboxylic acids is 1. The first-order chi connectivity index (χ1) is 13.9. The van der Waals surface area contributed by atoms with Crippen molar-refractivity contribution in [3.8, 4) is 0 Å². The summed E-state index contributed by atoms with van der Waals surface area (Å²) in [6.07, 6.45) is -0.350. The van der Waals surface area contributed by atoms with Crippen LogP contribution in [0.25, 0.3) is 10.8 Å². The van der Waals surface area contributed by atoms with Crippen LogP contribution in [0.2, 0.25) is 0 Å². The number of carbonyl (C=O) groups is 4. The van der Waals surface area contributed by atoms with Crippen molar-refractivity contribution in [2.24, 2.45) is 0 Å². The summed E-state index contributed by atoms with van der Waals surface area (Å²) in [5, 5.41) is 19.0. The summed E-state index contributed by atoms with van der Waals surface area (Å²) in [7, 11) is 0. The first-order valence-corrected chi connectivity index (χ1v) is 9.36. The minimum Gasteiger partial charge on any atom is -0.481 e. The smallest absolute Gasteiger partial charge is 0.305 e. The van der Waals surface area contributed by atoms with Crippen molar-refractivity contribution in [1.29, 1.82) is 0 Å². The summed E-state index contributed by atoms with van der Waals surface area (Å²) in [6, 6.07) is 12.4. The van der Waals surface area contributed by atoms with Crippen LogP contribution in [-0.2, 0) is 19.2 Å².